The van der Waals surface area contributed by atoms with Crippen molar-refractivity contribution in [2.45, 2.75) is 33.1 Å². The number of hydrogen-bond acceptors (Lipinski definition) is 3. The van der Waals surface area contributed by atoms with Gasteiger partial charge in [-0.25, -0.2) is 4.98 Å². The fourth-order valence-corrected chi connectivity index (χ4v) is 2.02. The fraction of sp³-hybridized carbons (Fsp3) is 0.467. The lowest BCUT2D eigenvalue weighted by Gasteiger charge is -2.08. The number of carbonyl (C=O) groups is 1. The van der Waals surface area contributed by atoms with Crippen LogP contribution in [0.15, 0.2) is 24.5 Å². The molecule has 2 aromatic rings. The van der Waals surface area contributed by atoms with E-state index in [4.69, 9.17) is 4.74 Å². The third-order valence-electron chi connectivity index (χ3n) is 3.03. The van der Waals surface area contributed by atoms with Gasteiger partial charge in [0.15, 0.2) is 18.0 Å². The van der Waals surface area contributed by atoms with Crippen LogP contribution in [-0.2, 0) is 4.79 Å². The van der Waals surface area contributed by atoms with Crippen molar-refractivity contribution < 1.29 is 9.53 Å². The van der Waals surface area contributed by atoms with E-state index in [0.29, 0.717) is 12.3 Å². The van der Waals surface area contributed by atoms with Crippen LogP contribution in [0.5, 0.6) is 5.75 Å². The van der Waals surface area contributed by atoms with Crippen LogP contribution in [0, 0.1) is 6.92 Å². The van der Waals surface area contributed by atoms with Gasteiger partial charge >= 0.3 is 0 Å². The van der Waals surface area contributed by atoms with E-state index in [0.717, 1.165) is 30.6 Å². The lowest BCUT2D eigenvalue weighted by molar-refractivity contribution is -0.123. The summed E-state index contributed by atoms with van der Waals surface area (Å²) >= 11 is 0. The SMILES string of the molecule is CCCCCNC(=O)COc1cccn2cc(C)nc12. The monoisotopic (exact) mass is 275 g/mol. The first kappa shape index (κ1) is 14.4. The first-order valence-electron chi connectivity index (χ1n) is 7.04. The van der Waals surface area contributed by atoms with Crippen LogP contribution in [0.4, 0.5) is 0 Å². The van der Waals surface area contributed by atoms with E-state index in [2.05, 4.69) is 17.2 Å². The number of hydrogen-bond donors (Lipinski definition) is 1. The minimum Gasteiger partial charge on any atom is -0.480 e. The van der Waals surface area contributed by atoms with Gasteiger partial charge in [0, 0.05) is 18.9 Å². The zero-order valence-corrected chi connectivity index (χ0v) is 12.1. The summed E-state index contributed by atoms with van der Waals surface area (Å²) in [5.41, 5.74) is 1.66. The number of imidazole rings is 1. The molecule has 2 heterocycles. The van der Waals surface area contributed by atoms with Crippen molar-refractivity contribution in [1.29, 1.82) is 0 Å². The average Bonchev–Trinajstić information content (AvgIpc) is 2.82. The van der Waals surface area contributed by atoms with Crippen LogP contribution in [-0.4, -0.2) is 28.4 Å². The number of pyridine rings is 1. The molecule has 0 aliphatic heterocycles. The van der Waals surface area contributed by atoms with E-state index >= 15 is 0 Å². The standard InChI is InChI=1S/C15H21N3O2/c1-3-4-5-8-16-14(19)11-20-13-7-6-9-18-10-12(2)17-15(13)18/h6-7,9-10H,3-5,8,11H2,1-2H3,(H,16,19). The highest BCUT2D eigenvalue weighted by molar-refractivity contribution is 5.77. The lowest BCUT2D eigenvalue weighted by atomic mass is 10.2. The van der Waals surface area contributed by atoms with Gasteiger partial charge in [-0.2, -0.15) is 0 Å². The van der Waals surface area contributed by atoms with Gasteiger partial charge in [0.25, 0.3) is 5.91 Å². The van der Waals surface area contributed by atoms with Gasteiger partial charge in [-0.15, -0.1) is 0 Å². The molecule has 0 aromatic carbocycles. The number of nitrogens with one attached hydrogen (secondary N) is 1. The smallest absolute Gasteiger partial charge is 0.257 e. The van der Waals surface area contributed by atoms with E-state index in [-0.39, 0.29) is 12.5 Å². The lowest BCUT2D eigenvalue weighted by Crippen LogP contribution is -2.29. The highest BCUT2D eigenvalue weighted by Crippen LogP contribution is 2.18. The minimum absolute atomic E-state index is 0.0255. The zero-order valence-electron chi connectivity index (χ0n) is 12.1. The molecule has 0 radical (unpaired) electrons. The molecular weight excluding hydrogens is 254 g/mol. The topological polar surface area (TPSA) is 55.6 Å². The van der Waals surface area contributed by atoms with Crippen LogP contribution in [0.3, 0.4) is 0 Å². The van der Waals surface area contributed by atoms with Crippen molar-refractivity contribution in [2.75, 3.05) is 13.2 Å². The molecule has 0 spiro atoms. The first-order valence-corrected chi connectivity index (χ1v) is 7.04. The second-order valence-electron chi connectivity index (χ2n) is 4.83. The Morgan fingerprint density at radius 3 is 3.10 bits per heavy atom. The maximum absolute atomic E-state index is 11.7. The van der Waals surface area contributed by atoms with Crippen LogP contribution >= 0.6 is 0 Å². The molecule has 2 rings (SSSR count). The second kappa shape index (κ2) is 6.93. The molecule has 5 nitrogen and oxygen atoms in total. The van der Waals surface area contributed by atoms with Crippen LogP contribution in [0.2, 0.25) is 0 Å². The van der Waals surface area contributed by atoms with Crippen molar-refractivity contribution in [2.24, 2.45) is 0 Å². The van der Waals surface area contributed by atoms with Crippen molar-refractivity contribution in [1.82, 2.24) is 14.7 Å². The zero-order chi connectivity index (χ0) is 14.4. The van der Waals surface area contributed by atoms with Crippen LogP contribution in [0.1, 0.15) is 31.9 Å². The normalized spacial score (nSPS) is 10.7. The summed E-state index contributed by atoms with van der Waals surface area (Å²) in [7, 11) is 0. The second-order valence-corrected chi connectivity index (χ2v) is 4.83. The Kier molecular flexibility index (Phi) is 4.98. The summed E-state index contributed by atoms with van der Waals surface area (Å²) < 4.78 is 7.45. The molecule has 0 unspecified atom stereocenters. The van der Waals surface area contributed by atoms with Gasteiger partial charge in [0.2, 0.25) is 0 Å². The molecule has 1 N–H and O–H groups in total. The van der Waals surface area contributed by atoms with E-state index < -0.39 is 0 Å². The molecular formula is C15H21N3O2. The number of unbranched alkanes of at least 4 members (excludes halogenated alkanes) is 2. The minimum atomic E-state index is -0.0913. The maximum atomic E-state index is 11.7. The van der Waals surface area contributed by atoms with Gasteiger partial charge in [0.05, 0.1) is 5.69 Å². The number of amides is 1. The fourth-order valence-electron chi connectivity index (χ4n) is 2.02. The third kappa shape index (κ3) is 3.73. The molecule has 0 saturated heterocycles. The molecule has 0 saturated carbocycles. The number of aryl methyl sites for hydroxylation is 1. The Hall–Kier alpha value is -2.04. The van der Waals surface area contributed by atoms with E-state index in [1.807, 2.05) is 35.9 Å². The highest BCUT2D eigenvalue weighted by Gasteiger charge is 2.07. The molecule has 1 amide bonds. The predicted molar refractivity (Wildman–Crippen MR) is 78.0 cm³/mol. The molecule has 0 fully saturated rings. The Morgan fingerprint density at radius 2 is 2.30 bits per heavy atom. The Balaban J connectivity index is 1.87. The Bertz CT molecular complexity index is 578. The molecule has 0 bridgehead atoms. The van der Waals surface area contributed by atoms with E-state index in [1.54, 1.807) is 0 Å². The third-order valence-corrected chi connectivity index (χ3v) is 3.03. The Morgan fingerprint density at radius 1 is 1.45 bits per heavy atom. The molecule has 5 heteroatoms. The molecule has 108 valence electrons. The number of nitrogens with zero attached hydrogens (tertiary/aromatic N) is 2. The van der Waals surface area contributed by atoms with E-state index in [9.17, 15) is 4.79 Å². The predicted octanol–water partition coefficient (Wildman–Crippen LogP) is 2.33. The number of fused-ring (bicyclic) bond motifs is 1. The number of aromatic nitrogens is 2. The maximum Gasteiger partial charge on any atom is 0.257 e. The summed E-state index contributed by atoms with van der Waals surface area (Å²) in [6, 6.07) is 3.70. The number of carbonyl (C=O) groups excluding carboxylic acids is 1. The molecule has 0 aliphatic rings. The van der Waals surface area contributed by atoms with Crippen molar-refractivity contribution in [3.05, 3.63) is 30.2 Å². The summed E-state index contributed by atoms with van der Waals surface area (Å²) in [4.78, 5) is 16.0. The first-order chi connectivity index (χ1) is 9.70. The van der Waals surface area contributed by atoms with Gasteiger partial charge in [0.1, 0.15) is 0 Å². The van der Waals surface area contributed by atoms with Gasteiger partial charge in [-0.3, -0.25) is 4.79 Å². The largest absolute Gasteiger partial charge is 0.480 e. The van der Waals surface area contributed by atoms with Crippen molar-refractivity contribution in [3.8, 4) is 5.75 Å². The molecule has 2 aromatic heterocycles. The van der Waals surface area contributed by atoms with Gasteiger partial charge < -0.3 is 14.5 Å². The summed E-state index contributed by atoms with van der Waals surface area (Å²) in [6.07, 6.45) is 7.12. The Labute approximate surface area is 119 Å². The molecule has 0 aliphatic carbocycles. The highest BCUT2D eigenvalue weighted by atomic mass is 16.5. The van der Waals surface area contributed by atoms with E-state index in [1.165, 1.54) is 0 Å². The summed E-state index contributed by atoms with van der Waals surface area (Å²) in [5, 5.41) is 2.85. The number of rotatable bonds is 7. The van der Waals surface area contributed by atoms with Crippen LogP contribution in [0.25, 0.3) is 5.65 Å². The quantitative estimate of drug-likeness (QED) is 0.789. The molecule has 0 atom stereocenters. The number of ether oxygens (including phenoxy) is 1. The van der Waals surface area contributed by atoms with Gasteiger partial charge in [-0.05, 0) is 25.5 Å². The van der Waals surface area contributed by atoms with Gasteiger partial charge in [-0.1, -0.05) is 19.8 Å². The van der Waals surface area contributed by atoms with Crippen LogP contribution < -0.4 is 10.1 Å². The van der Waals surface area contributed by atoms with Crippen molar-refractivity contribution >= 4 is 11.6 Å². The van der Waals surface area contributed by atoms with Crippen molar-refractivity contribution in [3.63, 3.8) is 0 Å². The summed E-state index contributed by atoms with van der Waals surface area (Å²) in [5.74, 6) is 0.538. The average molecular weight is 275 g/mol. The molecule has 20 heavy (non-hydrogen) atoms. The summed E-state index contributed by atoms with van der Waals surface area (Å²) in [6.45, 7) is 4.80.